The van der Waals surface area contributed by atoms with Crippen molar-refractivity contribution >= 4 is 29.3 Å². The number of imidazole rings is 1. The van der Waals surface area contributed by atoms with Crippen LogP contribution in [0.1, 0.15) is 48.8 Å². The van der Waals surface area contributed by atoms with Gasteiger partial charge in [0.2, 0.25) is 5.82 Å². The van der Waals surface area contributed by atoms with Crippen LogP contribution in [0.25, 0.3) is 11.1 Å². The van der Waals surface area contributed by atoms with Gasteiger partial charge in [0.25, 0.3) is 5.91 Å². The van der Waals surface area contributed by atoms with Gasteiger partial charge in [-0.3, -0.25) is 14.9 Å². The molecule has 9 heteroatoms. The van der Waals surface area contributed by atoms with E-state index in [1.165, 1.54) is 17.7 Å². The van der Waals surface area contributed by atoms with Crippen molar-refractivity contribution < 1.29 is 19.1 Å². The van der Waals surface area contributed by atoms with Crippen molar-refractivity contribution in [3.63, 3.8) is 0 Å². The second-order valence-electron chi connectivity index (χ2n) is 8.50. The van der Waals surface area contributed by atoms with Gasteiger partial charge in [0.05, 0.1) is 5.69 Å². The van der Waals surface area contributed by atoms with E-state index < -0.39 is 17.6 Å². The smallest absolute Gasteiger partial charge is 0.413 e. The molecular formula is C23H27N5O4. The van der Waals surface area contributed by atoms with Gasteiger partial charge in [-0.1, -0.05) is 12.1 Å². The van der Waals surface area contributed by atoms with Crippen LogP contribution in [0.2, 0.25) is 0 Å². The van der Waals surface area contributed by atoms with Gasteiger partial charge >= 0.3 is 6.09 Å². The lowest BCUT2D eigenvalue weighted by Crippen LogP contribution is -2.27. The fourth-order valence-electron chi connectivity index (χ4n) is 3.15. The number of Topliss-reactive ketones (excluding diaryl/α,β-unsaturated/α-hetero) is 1. The van der Waals surface area contributed by atoms with Crippen LogP contribution in [-0.4, -0.2) is 37.5 Å². The molecule has 1 aromatic carbocycles. The number of ketones is 1. The summed E-state index contributed by atoms with van der Waals surface area (Å²) in [6.45, 7) is 6.81. The summed E-state index contributed by atoms with van der Waals surface area (Å²) in [5, 5.41) is 5.31. The minimum Gasteiger partial charge on any atom is -0.444 e. The number of nitrogens with zero attached hydrogens (tertiary/aromatic N) is 3. The lowest BCUT2D eigenvalue weighted by atomic mass is 10.1. The molecule has 2 heterocycles. The van der Waals surface area contributed by atoms with Crippen LogP contribution in [0, 0.1) is 0 Å². The summed E-state index contributed by atoms with van der Waals surface area (Å²) < 4.78 is 8.50. The van der Waals surface area contributed by atoms with E-state index in [0.717, 1.165) is 11.1 Å². The summed E-state index contributed by atoms with van der Waals surface area (Å²) in [4.78, 5) is 40.4. The predicted molar refractivity (Wildman–Crippen MR) is 122 cm³/mol. The quantitative estimate of drug-likeness (QED) is 0.581. The summed E-state index contributed by atoms with van der Waals surface area (Å²) in [5.41, 5.74) is 2.41. The average Bonchev–Trinajstić information content (AvgIpc) is 3.23. The van der Waals surface area contributed by atoms with Crippen molar-refractivity contribution in [2.75, 3.05) is 10.6 Å². The van der Waals surface area contributed by atoms with Crippen LogP contribution in [0.5, 0.6) is 0 Å². The molecule has 0 bridgehead atoms. The molecule has 0 saturated heterocycles. The van der Waals surface area contributed by atoms with Gasteiger partial charge in [-0.15, -0.1) is 0 Å². The number of hydrogen-bond acceptors (Lipinski definition) is 5. The molecule has 3 rings (SSSR count). The number of rotatable bonds is 5. The number of anilines is 2. The van der Waals surface area contributed by atoms with E-state index in [4.69, 9.17) is 4.74 Å². The Morgan fingerprint density at radius 2 is 1.59 bits per heavy atom. The number of carbonyl (C=O) groups excluding carboxylic acids is 3. The van der Waals surface area contributed by atoms with Gasteiger partial charge < -0.3 is 19.2 Å². The highest BCUT2D eigenvalue weighted by atomic mass is 16.6. The summed E-state index contributed by atoms with van der Waals surface area (Å²) >= 11 is 0. The Balaban J connectivity index is 1.68. The third-order valence-electron chi connectivity index (χ3n) is 4.55. The zero-order chi connectivity index (χ0) is 23.6. The third-order valence-corrected chi connectivity index (χ3v) is 4.55. The van der Waals surface area contributed by atoms with Crippen molar-refractivity contribution in [2.24, 2.45) is 14.1 Å². The Bertz CT molecular complexity index is 1170. The summed E-state index contributed by atoms with van der Waals surface area (Å²) in [6, 6.07) is 9.11. The highest BCUT2D eigenvalue weighted by molar-refractivity contribution is 6.02. The molecule has 3 aromatic rings. The van der Waals surface area contributed by atoms with Crippen LogP contribution in [0.15, 0.2) is 42.7 Å². The molecule has 0 saturated carbocycles. The number of hydrogen-bond donors (Lipinski definition) is 2. The average molecular weight is 438 g/mol. The molecule has 0 atom stereocenters. The lowest BCUT2D eigenvalue weighted by Gasteiger charge is -2.18. The van der Waals surface area contributed by atoms with Gasteiger partial charge in [0, 0.05) is 44.7 Å². The van der Waals surface area contributed by atoms with E-state index in [1.54, 1.807) is 44.5 Å². The van der Waals surface area contributed by atoms with E-state index >= 15 is 0 Å². The molecular weight excluding hydrogens is 410 g/mol. The van der Waals surface area contributed by atoms with Crippen molar-refractivity contribution in [1.29, 1.82) is 0 Å². The largest absolute Gasteiger partial charge is 0.444 e. The van der Waals surface area contributed by atoms with Crippen molar-refractivity contribution in [3.05, 3.63) is 54.2 Å². The molecule has 0 aliphatic rings. The van der Waals surface area contributed by atoms with E-state index in [1.807, 2.05) is 31.4 Å². The van der Waals surface area contributed by atoms with Gasteiger partial charge in [-0.05, 0) is 44.5 Å². The Labute approximate surface area is 186 Å². The highest BCUT2D eigenvalue weighted by Gasteiger charge is 2.19. The first-order valence-electron chi connectivity index (χ1n) is 10.1. The molecule has 2 aromatic heterocycles. The van der Waals surface area contributed by atoms with Crippen LogP contribution in [0.4, 0.5) is 16.3 Å². The Kier molecular flexibility index (Phi) is 6.20. The first-order valence-corrected chi connectivity index (χ1v) is 10.1. The van der Waals surface area contributed by atoms with Crippen molar-refractivity contribution in [2.45, 2.75) is 33.3 Å². The molecule has 168 valence electrons. The Morgan fingerprint density at radius 3 is 2.16 bits per heavy atom. The number of benzene rings is 1. The maximum Gasteiger partial charge on any atom is 0.413 e. The van der Waals surface area contributed by atoms with Gasteiger partial charge in [0.1, 0.15) is 5.60 Å². The van der Waals surface area contributed by atoms with Crippen LogP contribution < -0.4 is 10.6 Å². The molecule has 32 heavy (non-hydrogen) atoms. The van der Waals surface area contributed by atoms with E-state index in [-0.39, 0.29) is 17.4 Å². The maximum absolute atomic E-state index is 12.7. The molecule has 0 fully saturated rings. The lowest BCUT2D eigenvalue weighted by molar-refractivity contribution is 0.0634. The van der Waals surface area contributed by atoms with E-state index in [2.05, 4.69) is 15.6 Å². The molecule has 2 amide bonds. The first kappa shape index (κ1) is 22.8. The van der Waals surface area contributed by atoms with Crippen LogP contribution in [-0.2, 0) is 18.8 Å². The zero-order valence-corrected chi connectivity index (χ0v) is 19.0. The number of aromatic nitrogens is 3. The highest BCUT2D eigenvalue weighted by Crippen LogP contribution is 2.24. The van der Waals surface area contributed by atoms with Gasteiger partial charge in [-0.25, -0.2) is 9.78 Å². The second-order valence-corrected chi connectivity index (χ2v) is 8.50. The van der Waals surface area contributed by atoms with Gasteiger partial charge in [-0.2, -0.15) is 0 Å². The number of aryl methyl sites for hydroxylation is 2. The normalized spacial score (nSPS) is 11.2. The van der Waals surface area contributed by atoms with Crippen molar-refractivity contribution in [3.8, 4) is 11.1 Å². The molecule has 0 spiro atoms. The summed E-state index contributed by atoms with van der Waals surface area (Å²) in [6.07, 6.45) is 2.77. The number of ether oxygens (including phenoxy) is 1. The van der Waals surface area contributed by atoms with Crippen LogP contribution >= 0.6 is 0 Å². The van der Waals surface area contributed by atoms with Crippen molar-refractivity contribution in [1.82, 2.24) is 14.1 Å². The Hall–Kier alpha value is -3.88. The topological polar surface area (TPSA) is 107 Å². The number of amides is 2. The standard InChI is InChI=1S/C23H27N5O4/c1-14(29)18-11-16(12-27(18)5)15-7-9-17(10-8-15)24-21(30)20-25-19(13-28(20)6)26-22(31)32-23(2,3)4/h7-13H,1-6H3,(H,24,30)(H,26,31). The molecule has 0 unspecified atom stereocenters. The second kappa shape index (κ2) is 8.70. The fourth-order valence-corrected chi connectivity index (χ4v) is 3.15. The number of nitrogens with one attached hydrogen (secondary N) is 2. The van der Waals surface area contributed by atoms with E-state index in [0.29, 0.717) is 11.4 Å². The molecule has 0 radical (unpaired) electrons. The molecule has 0 aliphatic heterocycles. The maximum atomic E-state index is 12.7. The number of carbonyl (C=O) groups is 3. The minimum atomic E-state index is -0.646. The molecule has 2 N–H and O–H groups in total. The van der Waals surface area contributed by atoms with E-state index in [9.17, 15) is 14.4 Å². The fraction of sp³-hybridized carbons (Fsp3) is 0.304. The van der Waals surface area contributed by atoms with Gasteiger partial charge in [0.15, 0.2) is 11.6 Å². The molecule has 9 nitrogen and oxygen atoms in total. The Morgan fingerprint density at radius 1 is 0.938 bits per heavy atom. The summed E-state index contributed by atoms with van der Waals surface area (Å²) in [5.74, 6) is -0.0730. The third kappa shape index (κ3) is 5.42. The molecule has 0 aliphatic carbocycles. The zero-order valence-electron chi connectivity index (χ0n) is 19.0. The SMILES string of the molecule is CC(=O)c1cc(-c2ccc(NC(=O)c3nc(NC(=O)OC(C)(C)C)cn3C)cc2)cn1C. The first-order chi connectivity index (χ1) is 14.9. The summed E-state index contributed by atoms with van der Waals surface area (Å²) in [7, 11) is 3.49. The minimum absolute atomic E-state index is 0.00164. The predicted octanol–water partition coefficient (Wildman–Crippen LogP) is 4.23. The van der Waals surface area contributed by atoms with Crippen LogP contribution in [0.3, 0.4) is 0 Å². The monoisotopic (exact) mass is 437 g/mol.